The molecule has 1 amide bonds. The van der Waals surface area contributed by atoms with E-state index < -0.39 is 52.5 Å². The summed E-state index contributed by atoms with van der Waals surface area (Å²) in [6.45, 7) is 0.550. The van der Waals surface area contributed by atoms with Gasteiger partial charge in [-0.1, -0.05) is 0 Å². The first-order valence-corrected chi connectivity index (χ1v) is 12.9. The van der Waals surface area contributed by atoms with Gasteiger partial charge in [0.1, 0.15) is 18.5 Å². The van der Waals surface area contributed by atoms with Crippen LogP contribution < -0.4 is 5.32 Å². The van der Waals surface area contributed by atoms with Gasteiger partial charge in [0, 0.05) is 42.3 Å². The molecular formula is C24H22F5N5O3S. The first-order valence-electron chi connectivity index (χ1n) is 11.4. The highest BCUT2D eigenvalue weighted by molar-refractivity contribution is 7.89. The van der Waals surface area contributed by atoms with Gasteiger partial charge in [0.25, 0.3) is 0 Å². The number of sulfonamides is 1. The fraction of sp³-hybridized carbons (Fsp3) is 0.333. The van der Waals surface area contributed by atoms with Crippen LogP contribution in [0.15, 0.2) is 53.8 Å². The lowest BCUT2D eigenvalue weighted by Gasteiger charge is -2.27. The van der Waals surface area contributed by atoms with Crippen molar-refractivity contribution in [3.05, 3.63) is 71.7 Å². The van der Waals surface area contributed by atoms with Gasteiger partial charge >= 0.3 is 6.18 Å². The monoisotopic (exact) mass is 555 g/mol. The second-order valence-corrected chi connectivity index (χ2v) is 10.6. The summed E-state index contributed by atoms with van der Waals surface area (Å²) in [5.41, 5.74) is 0.745. The van der Waals surface area contributed by atoms with Gasteiger partial charge in [-0.25, -0.2) is 27.2 Å². The van der Waals surface area contributed by atoms with Crippen LogP contribution in [-0.4, -0.2) is 45.7 Å². The number of halogens is 5. The largest absolute Gasteiger partial charge is 0.451 e. The number of aromatic nitrogens is 3. The molecule has 2 aromatic heterocycles. The van der Waals surface area contributed by atoms with Crippen LogP contribution in [0.1, 0.15) is 36.7 Å². The number of hydrogen-bond donors (Lipinski definition) is 1. The Morgan fingerprint density at radius 1 is 1.05 bits per heavy atom. The Labute approximate surface area is 215 Å². The number of amides is 1. The van der Waals surface area contributed by atoms with E-state index in [0.717, 1.165) is 41.0 Å². The number of carbonyl (C=O) groups is 1. The van der Waals surface area contributed by atoms with Gasteiger partial charge < -0.3 is 5.32 Å². The van der Waals surface area contributed by atoms with Gasteiger partial charge in [-0.15, -0.1) is 0 Å². The summed E-state index contributed by atoms with van der Waals surface area (Å²) >= 11 is 0. The molecule has 0 spiro atoms. The first kappa shape index (κ1) is 27.5. The molecule has 1 aliphatic heterocycles. The number of hydrogen-bond acceptors (Lipinski definition) is 6. The van der Waals surface area contributed by atoms with Crippen LogP contribution >= 0.6 is 0 Å². The predicted octanol–water partition coefficient (Wildman–Crippen LogP) is 4.02. The van der Waals surface area contributed by atoms with E-state index in [4.69, 9.17) is 0 Å². The Kier molecular flexibility index (Phi) is 7.74. The minimum Gasteiger partial charge on any atom is -0.351 e. The second-order valence-electron chi connectivity index (χ2n) is 8.71. The minimum atomic E-state index is -4.71. The molecule has 1 saturated heterocycles. The number of alkyl halides is 4. The molecule has 0 unspecified atom stereocenters. The van der Waals surface area contributed by atoms with Crippen LogP contribution in [0.4, 0.5) is 22.0 Å². The Hall–Kier alpha value is -3.52. The predicted molar refractivity (Wildman–Crippen MR) is 125 cm³/mol. The summed E-state index contributed by atoms with van der Waals surface area (Å²) < 4.78 is 92.7. The molecule has 0 radical (unpaired) electrons. The third kappa shape index (κ3) is 5.65. The van der Waals surface area contributed by atoms with Gasteiger partial charge in [-0.05, 0) is 55.7 Å². The molecule has 2 atom stereocenters. The van der Waals surface area contributed by atoms with Crippen molar-refractivity contribution >= 4 is 15.9 Å². The highest BCUT2D eigenvalue weighted by Crippen LogP contribution is 2.31. The van der Waals surface area contributed by atoms with Crippen LogP contribution in [0.3, 0.4) is 0 Å². The molecule has 14 heteroatoms. The van der Waals surface area contributed by atoms with Crippen molar-refractivity contribution in [1.29, 1.82) is 0 Å². The van der Waals surface area contributed by atoms with Crippen molar-refractivity contribution in [2.24, 2.45) is 0 Å². The average Bonchev–Trinajstić information content (AvgIpc) is 3.29. The molecule has 0 bridgehead atoms. The fourth-order valence-corrected chi connectivity index (χ4v) is 6.05. The highest BCUT2D eigenvalue weighted by atomic mass is 32.2. The number of nitrogens with zero attached hydrogens (tertiary/aromatic N) is 4. The van der Waals surface area contributed by atoms with Gasteiger partial charge in [0.2, 0.25) is 21.8 Å². The Morgan fingerprint density at radius 3 is 2.32 bits per heavy atom. The molecule has 1 aliphatic rings. The van der Waals surface area contributed by atoms with Gasteiger partial charge in [0.05, 0.1) is 10.6 Å². The lowest BCUT2D eigenvalue weighted by Crippen LogP contribution is -2.48. The highest BCUT2D eigenvalue weighted by Gasteiger charge is 2.43. The summed E-state index contributed by atoms with van der Waals surface area (Å²) in [7, 11) is -4.11. The Balaban J connectivity index is 1.53. The Bertz CT molecular complexity index is 1420. The molecule has 8 nitrogen and oxygen atoms in total. The molecule has 1 aromatic carbocycles. The normalized spacial score (nSPS) is 18.5. The van der Waals surface area contributed by atoms with E-state index in [1.807, 2.05) is 0 Å². The maximum absolute atomic E-state index is 13.6. The van der Waals surface area contributed by atoms with Crippen molar-refractivity contribution in [2.45, 2.75) is 56.1 Å². The van der Waals surface area contributed by atoms with Crippen LogP contribution in [-0.2, 0) is 34.2 Å². The molecule has 1 N–H and O–H groups in total. The summed E-state index contributed by atoms with van der Waals surface area (Å²) in [4.78, 5) is 23.6. The van der Waals surface area contributed by atoms with Crippen molar-refractivity contribution in [3.63, 3.8) is 0 Å². The second kappa shape index (κ2) is 10.7. The van der Waals surface area contributed by atoms with E-state index in [-0.39, 0.29) is 34.7 Å². The first-order chi connectivity index (χ1) is 17.9. The van der Waals surface area contributed by atoms with Gasteiger partial charge in [0.15, 0.2) is 0 Å². The number of pyridine rings is 1. The number of carbonyl (C=O) groups excluding carboxylic acids is 1. The molecular weight excluding hydrogens is 533 g/mol. The molecule has 38 heavy (non-hydrogen) atoms. The van der Waals surface area contributed by atoms with E-state index >= 15 is 0 Å². The van der Waals surface area contributed by atoms with E-state index in [2.05, 4.69) is 20.3 Å². The fourth-order valence-electron chi connectivity index (χ4n) is 4.22. The molecule has 202 valence electrons. The van der Waals surface area contributed by atoms with Crippen molar-refractivity contribution in [3.8, 4) is 11.3 Å². The standard InChI is InChI=1S/C24H22F5N5O3S/c1-14-2-7-21(34(14)38(36,37)19-5-3-18(26)4-6-19)22(35)31-10-15-8-20(30-11-16(15)9-25)17-12-32-23(33-13-17)24(27,28)29/h3-6,8,11-14,21H,2,7,9-10H2,1H3,(H,31,35)/t14-,21-/m0/s1. The van der Waals surface area contributed by atoms with Gasteiger partial charge in [-0.2, -0.15) is 17.5 Å². The Morgan fingerprint density at radius 2 is 1.71 bits per heavy atom. The minimum absolute atomic E-state index is 0.137. The zero-order chi connectivity index (χ0) is 27.7. The van der Waals surface area contributed by atoms with Gasteiger partial charge in [-0.3, -0.25) is 9.78 Å². The van der Waals surface area contributed by atoms with E-state index in [1.54, 1.807) is 6.92 Å². The lowest BCUT2D eigenvalue weighted by molar-refractivity contribution is -0.145. The zero-order valence-electron chi connectivity index (χ0n) is 19.9. The zero-order valence-corrected chi connectivity index (χ0v) is 20.7. The van der Waals surface area contributed by atoms with E-state index in [9.17, 15) is 35.2 Å². The molecule has 4 rings (SSSR count). The molecule has 3 aromatic rings. The summed E-state index contributed by atoms with van der Waals surface area (Å²) in [6.07, 6.45) is -0.982. The maximum Gasteiger partial charge on any atom is 0.451 e. The van der Waals surface area contributed by atoms with Crippen LogP contribution in [0.25, 0.3) is 11.3 Å². The smallest absolute Gasteiger partial charge is 0.351 e. The lowest BCUT2D eigenvalue weighted by atomic mass is 10.1. The van der Waals surface area contributed by atoms with Crippen molar-refractivity contribution in [2.75, 3.05) is 0 Å². The number of rotatable bonds is 7. The van der Waals surface area contributed by atoms with E-state index in [0.29, 0.717) is 12.0 Å². The van der Waals surface area contributed by atoms with E-state index in [1.165, 1.54) is 12.3 Å². The van der Waals surface area contributed by atoms with Crippen LogP contribution in [0.5, 0.6) is 0 Å². The summed E-state index contributed by atoms with van der Waals surface area (Å²) in [6, 6.07) is 4.15. The SMILES string of the molecule is C[C@H]1CC[C@@H](C(=O)NCc2cc(-c3cnc(C(F)(F)F)nc3)ncc2CF)N1S(=O)(=O)c1ccc(F)cc1. The molecule has 1 fully saturated rings. The molecule has 3 heterocycles. The topological polar surface area (TPSA) is 105 Å². The molecule has 0 aliphatic carbocycles. The average molecular weight is 556 g/mol. The quantitative estimate of drug-likeness (QED) is 0.442. The van der Waals surface area contributed by atoms with Crippen molar-refractivity contribution in [1.82, 2.24) is 24.6 Å². The number of nitrogens with one attached hydrogen (secondary N) is 1. The van der Waals surface area contributed by atoms with Crippen LogP contribution in [0.2, 0.25) is 0 Å². The third-order valence-corrected chi connectivity index (χ3v) is 8.21. The third-order valence-electron chi connectivity index (χ3n) is 6.17. The number of benzene rings is 1. The van der Waals surface area contributed by atoms with Crippen molar-refractivity contribution < 1.29 is 35.2 Å². The molecule has 0 saturated carbocycles. The van der Waals surface area contributed by atoms with Crippen LogP contribution in [0, 0.1) is 5.82 Å². The maximum atomic E-state index is 13.6. The summed E-state index contributed by atoms with van der Waals surface area (Å²) in [5.74, 6) is -2.53. The summed E-state index contributed by atoms with van der Waals surface area (Å²) in [5, 5.41) is 2.63.